The molecule has 24 heavy (non-hydrogen) atoms. The molecule has 0 unspecified atom stereocenters. The highest BCUT2D eigenvalue weighted by Crippen LogP contribution is 2.15. The summed E-state index contributed by atoms with van der Waals surface area (Å²) < 4.78 is 0. The molecule has 0 heterocycles. The first kappa shape index (κ1) is 17.2. The van der Waals surface area contributed by atoms with Crippen LogP contribution in [0.1, 0.15) is 22.8 Å². The van der Waals surface area contributed by atoms with Crippen LogP contribution in [0.2, 0.25) is 0 Å². The molecule has 0 aliphatic carbocycles. The molecule has 0 aliphatic heterocycles. The van der Waals surface area contributed by atoms with Gasteiger partial charge >= 0.3 is 5.97 Å². The van der Waals surface area contributed by atoms with Crippen molar-refractivity contribution in [2.75, 3.05) is 5.32 Å². The van der Waals surface area contributed by atoms with Gasteiger partial charge in [-0.2, -0.15) is 0 Å². The maximum atomic E-state index is 12.4. The van der Waals surface area contributed by atoms with Crippen LogP contribution in [-0.2, 0) is 16.0 Å². The van der Waals surface area contributed by atoms with Crippen molar-refractivity contribution in [2.45, 2.75) is 19.4 Å². The second kappa shape index (κ2) is 7.92. The lowest BCUT2D eigenvalue weighted by Gasteiger charge is -2.16. The number of aliphatic carboxylic acids is 1. The number of carbonyl (C=O) groups is 3. The van der Waals surface area contributed by atoms with Gasteiger partial charge < -0.3 is 15.7 Å². The zero-order valence-electron chi connectivity index (χ0n) is 13.2. The second-order valence-corrected chi connectivity index (χ2v) is 5.28. The monoisotopic (exact) mass is 326 g/mol. The van der Waals surface area contributed by atoms with Crippen molar-refractivity contribution < 1.29 is 19.5 Å². The molecule has 6 heteroatoms. The number of carbonyl (C=O) groups excluding carboxylic acids is 2. The SMILES string of the molecule is CC(=O)Nc1ccccc1C(=O)N[C@H](Cc1ccccc1)C(=O)O. The fourth-order valence-corrected chi connectivity index (χ4v) is 2.27. The number of amides is 2. The standard InChI is InChI=1S/C18H18N2O4/c1-12(21)19-15-10-6-5-9-14(15)17(22)20-16(18(23)24)11-13-7-3-2-4-8-13/h2-10,16H,11H2,1H3,(H,19,21)(H,20,22)(H,23,24)/t16-/m1/s1. The van der Waals surface area contributed by atoms with Crippen LogP contribution >= 0.6 is 0 Å². The molecule has 2 aromatic rings. The predicted molar refractivity (Wildman–Crippen MR) is 89.8 cm³/mol. The van der Waals surface area contributed by atoms with Gasteiger partial charge in [-0.05, 0) is 17.7 Å². The van der Waals surface area contributed by atoms with Crippen LogP contribution in [-0.4, -0.2) is 28.9 Å². The summed E-state index contributed by atoms with van der Waals surface area (Å²) in [6.45, 7) is 1.34. The predicted octanol–water partition coefficient (Wildman–Crippen LogP) is 2.07. The van der Waals surface area contributed by atoms with Crippen molar-refractivity contribution in [2.24, 2.45) is 0 Å². The van der Waals surface area contributed by atoms with Crippen LogP contribution in [0, 0.1) is 0 Å². The van der Waals surface area contributed by atoms with Crippen molar-refractivity contribution in [3.63, 3.8) is 0 Å². The summed E-state index contributed by atoms with van der Waals surface area (Å²) in [5.74, 6) is -1.98. The number of carboxylic acids is 1. The summed E-state index contributed by atoms with van der Waals surface area (Å²) in [6, 6.07) is 14.4. The highest BCUT2D eigenvalue weighted by molar-refractivity contribution is 6.04. The van der Waals surface area contributed by atoms with E-state index < -0.39 is 17.9 Å². The summed E-state index contributed by atoms with van der Waals surface area (Å²) in [5.41, 5.74) is 1.36. The largest absolute Gasteiger partial charge is 0.480 e. The Morgan fingerprint density at radius 3 is 2.25 bits per heavy atom. The van der Waals surface area contributed by atoms with Gasteiger partial charge in [-0.1, -0.05) is 42.5 Å². The highest BCUT2D eigenvalue weighted by atomic mass is 16.4. The normalized spacial score (nSPS) is 11.4. The van der Waals surface area contributed by atoms with Gasteiger partial charge in [0.15, 0.2) is 0 Å². The summed E-state index contributed by atoms with van der Waals surface area (Å²) in [7, 11) is 0. The number of benzene rings is 2. The summed E-state index contributed by atoms with van der Waals surface area (Å²) in [6.07, 6.45) is 0.171. The molecular formula is C18H18N2O4. The number of rotatable bonds is 6. The quantitative estimate of drug-likeness (QED) is 0.757. The first-order valence-electron chi connectivity index (χ1n) is 7.41. The molecule has 0 saturated heterocycles. The van der Waals surface area contributed by atoms with Crippen molar-refractivity contribution in [1.29, 1.82) is 0 Å². The molecule has 0 spiro atoms. The molecular weight excluding hydrogens is 308 g/mol. The minimum absolute atomic E-state index is 0.171. The zero-order valence-corrected chi connectivity index (χ0v) is 13.2. The molecule has 2 aromatic carbocycles. The Labute approximate surface area is 139 Å². The van der Waals surface area contributed by atoms with Crippen molar-refractivity contribution >= 4 is 23.5 Å². The van der Waals surface area contributed by atoms with Gasteiger partial charge in [0.25, 0.3) is 5.91 Å². The molecule has 1 atom stereocenters. The van der Waals surface area contributed by atoms with Crippen molar-refractivity contribution in [3.8, 4) is 0 Å². The molecule has 2 amide bonds. The van der Waals surface area contributed by atoms with Gasteiger partial charge in [-0.15, -0.1) is 0 Å². The van der Waals surface area contributed by atoms with Crippen LogP contribution in [0.4, 0.5) is 5.69 Å². The third-order valence-electron chi connectivity index (χ3n) is 3.37. The maximum Gasteiger partial charge on any atom is 0.326 e. The second-order valence-electron chi connectivity index (χ2n) is 5.28. The van der Waals surface area contributed by atoms with E-state index in [2.05, 4.69) is 10.6 Å². The Morgan fingerprint density at radius 1 is 1.00 bits per heavy atom. The number of hydrogen-bond donors (Lipinski definition) is 3. The summed E-state index contributed by atoms with van der Waals surface area (Å²) >= 11 is 0. The average molecular weight is 326 g/mol. The lowest BCUT2D eigenvalue weighted by Crippen LogP contribution is -2.42. The fraction of sp³-hybridized carbons (Fsp3) is 0.167. The Kier molecular flexibility index (Phi) is 5.68. The van der Waals surface area contributed by atoms with Crippen LogP contribution < -0.4 is 10.6 Å². The lowest BCUT2D eigenvalue weighted by molar-refractivity contribution is -0.139. The minimum Gasteiger partial charge on any atom is -0.480 e. The maximum absolute atomic E-state index is 12.4. The smallest absolute Gasteiger partial charge is 0.326 e. The summed E-state index contributed by atoms with van der Waals surface area (Å²) in [4.78, 5) is 35.1. The number of carboxylic acid groups (broad SMARTS) is 1. The first-order chi connectivity index (χ1) is 11.5. The van der Waals surface area contributed by atoms with Gasteiger partial charge in [-0.3, -0.25) is 9.59 Å². The van der Waals surface area contributed by atoms with Crippen molar-refractivity contribution in [1.82, 2.24) is 5.32 Å². The van der Waals surface area contributed by atoms with Crippen LogP contribution in [0.15, 0.2) is 54.6 Å². The van der Waals surface area contributed by atoms with E-state index in [0.29, 0.717) is 5.69 Å². The highest BCUT2D eigenvalue weighted by Gasteiger charge is 2.22. The number of para-hydroxylation sites is 1. The van der Waals surface area contributed by atoms with E-state index in [0.717, 1.165) is 5.56 Å². The van der Waals surface area contributed by atoms with E-state index in [1.807, 2.05) is 18.2 Å². The van der Waals surface area contributed by atoms with E-state index in [1.165, 1.54) is 13.0 Å². The molecule has 0 fully saturated rings. The topological polar surface area (TPSA) is 95.5 Å². The van der Waals surface area contributed by atoms with Crippen LogP contribution in [0.3, 0.4) is 0 Å². The van der Waals surface area contributed by atoms with Crippen LogP contribution in [0.5, 0.6) is 0 Å². The summed E-state index contributed by atoms with van der Waals surface area (Å²) in [5, 5.41) is 14.4. The Hall–Kier alpha value is -3.15. The van der Waals surface area contributed by atoms with Gasteiger partial charge in [0.1, 0.15) is 6.04 Å². The first-order valence-corrected chi connectivity index (χ1v) is 7.41. The molecule has 6 nitrogen and oxygen atoms in total. The fourth-order valence-electron chi connectivity index (χ4n) is 2.27. The van der Waals surface area contributed by atoms with E-state index in [9.17, 15) is 19.5 Å². The van der Waals surface area contributed by atoms with Crippen LogP contribution in [0.25, 0.3) is 0 Å². The number of nitrogens with one attached hydrogen (secondary N) is 2. The third kappa shape index (κ3) is 4.67. The Balaban J connectivity index is 2.17. The van der Waals surface area contributed by atoms with E-state index >= 15 is 0 Å². The average Bonchev–Trinajstić information content (AvgIpc) is 2.55. The van der Waals surface area contributed by atoms with Gasteiger partial charge in [-0.25, -0.2) is 4.79 Å². The number of anilines is 1. The van der Waals surface area contributed by atoms with Gasteiger partial charge in [0.05, 0.1) is 11.3 Å². The number of hydrogen-bond acceptors (Lipinski definition) is 3. The minimum atomic E-state index is -1.12. The molecule has 124 valence electrons. The van der Waals surface area contributed by atoms with E-state index in [4.69, 9.17) is 0 Å². The van der Waals surface area contributed by atoms with Crippen molar-refractivity contribution in [3.05, 3.63) is 65.7 Å². The van der Waals surface area contributed by atoms with Gasteiger partial charge in [0.2, 0.25) is 5.91 Å². The Bertz CT molecular complexity index is 744. The molecule has 3 N–H and O–H groups in total. The molecule has 0 aromatic heterocycles. The van der Waals surface area contributed by atoms with E-state index in [-0.39, 0.29) is 17.9 Å². The molecule has 0 aliphatic rings. The Morgan fingerprint density at radius 2 is 1.62 bits per heavy atom. The lowest BCUT2D eigenvalue weighted by atomic mass is 10.1. The van der Waals surface area contributed by atoms with Gasteiger partial charge in [0, 0.05) is 13.3 Å². The van der Waals surface area contributed by atoms with E-state index in [1.54, 1.807) is 30.3 Å². The molecule has 0 radical (unpaired) electrons. The molecule has 0 saturated carbocycles. The zero-order chi connectivity index (χ0) is 17.5. The molecule has 2 rings (SSSR count). The third-order valence-corrected chi connectivity index (χ3v) is 3.37. The molecule has 0 bridgehead atoms.